The summed E-state index contributed by atoms with van der Waals surface area (Å²) < 4.78 is 2.26. The number of rotatable bonds is 2. The molecule has 0 saturated carbocycles. The van der Waals surface area contributed by atoms with E-state index >= 15 is 0 Å². The Labute approximate surface area is 141 Å². The third kappa shape index (κ3) is 2.71. The van der Waals surface area contributed by atoms with Gasteiger partial charge in [-0.05, 0) is 31.4 Å². The number of hydrogen-bond acceptors (Lipinski definition) is 4. The van der Waals surface area contributed by atoms with E-state index < -0.39 is 0 Å². The number of carbonyl (C=O) groups is 1. The van der Waals surface area contributed by atoms with Crippen LogP contribution in [-0.4, -0.2) is 45.2 Å². The minimum absolute atomic E-state index is 0.152. The second kappa shape index (κ2) is 6.36. The Bertz CT molecular complexity index is 746. The Balaban J connectivity index is 1.45. The number of amides is 1. The van der Waals surface area contributed by atoms with Crippen molar-refractivity contribution in [3.63, 3.8) is 0 Å². The number of likely N-dealkylation sites (tertiary alicyclic amines) is 1. The topological polar surface area (TPSA) is 63.1 Å². The maximum absolute atomic E-state index is 12.7. The summed E-state index contributed by atoms with van der Waals surface area (Å²) in [4.78, 5) is 14.7. The second-order valence-electron chi connectivity index (χ2n) is 6.68. The van der Waals surface area contributed by atoms with E-state index in [9.17, 15) is 4.79 Å². The molecule has 126 valence electrons. The van der Waals surface area contributed by atoms with Crippen LogP contribution in [-0.2, 0) is 13.1 Å². The number of nitrogens with one attached hydrogen (secondary N) is 1. The Kier molecular flexibility index (Phi) is 4.06. The van der Waals surface area contributed by atoms with Crippen LogP contribution in [0, 0.1) is 6.92 Å². The molecule has 4 rings (SSSR count). The van der Waals surface area contributed by atoms with Gasteiger partial charge in [0, 0.05) is 37.7 Å². The molecule has 2 aromatic rings. The van der Waals surface area contributed by atoms with Gasteiger partial charge in [-0.1, -0.05) is 18.2 Å². The van der Waals surface area contributed by atoms with E-state index in [2.05, 4.69) is 20.1 Å². The quantitative estimate of drug-likeness (QED) is 0.913. The highest BCUT2D eigenvalue weighted by atomic mass is 16.2. The van der Waals surface area contributed by atoms with Crippen molar-refractivity contribution in [3.05, 3.63) is 47.0 Å². The van der Waals surface area contributed by atoms with Crippen molar-refractivity contribution in [2.75, 3.05) is 19.6 Å². The van der Waals surface area contributed by atoms with Gasteiger partial charge >= 0.3 is 0 Å². The summed E-state index contributed by atoms with van der Waals surface area (Å²) in [7, 11) is 0. The molecule has 0 radical (unpaired) electrons. The zero-order valence-corrected chi connectivity index (χ0v) is 14.0. The van der Waals surface area contributed by atoms with Crippen LogP contribution in [0.2, 0.25) is 0 Å². The summed E-state index contributed by atoms with van der Waals surface area (Å²) in [6, 6.07) is 7.83. The molecule has 2 aliphatic heterocycles. The smallest absolute Gasteiger partial charge is 0.254 e. The fourth-order valence-electron chi connectivity index (χ4n) is 3.74. The van der Waals surface area contributed by atoms with E-state index in [1.54, 1.807) is 0 Å². The third-order valence-corrected chi connectivity index (χ3v) is 5.17. The number of piperidine rings is 1. The van der Waals surface area contributed by atoms with E-state index in [-0.39, 0.29) is 5.91 Å². The first-order valence-corrected chi connectivity index (χ1v) is 8.71. The zero-order chi connectivity index (χ0) is 16.5. The van der Waals surface area contributed by atoms with Gasteiger partial charge in [-0.15, -0.1) is 10.2 Å². The lowest BCUT2D eigenvalue weighted by Gasteiger charge is -2.32. The van der Waals surface area contributed by atoms with Crippen molar-refractivity contribution in [3.8, 4) is 0 Å². The Morgan fingerprint density at radius 2 is 1.96 bits per heavy atom. The SMILES string of the molecule is Cc1ccccc1C(=O)N1CCC(c2nnc3n2CCNC3)CC1. The molecule has 0 unspecified atom stereocenters. The summed E-state index contributed by atoms with van der Waals surface area (Å²) in [6.07, 6.45) is 1.92. The van der Waals surface area contributed by atoms with Crippen LogP contribution < -0.4 is 5.32 Å². The summed E-state index contributed by atoms with van der Waals surface area (Å²) >= 11 is 0. The van der Waals surface area contributed by atoms with Gasteiger partial charge in [0.2, 0.25) is 0 Å². The minimum Gasteiger partial charge on any atom is -0.339 e. The lowest BCUT2D eigenvalue weighted by atomic mass is 9.95. The van der Waals surface area contributed by atoms with E-state index in [4.69, 9.17) is 0 Å². The fraction of sp³-hybridized carbons (Fsp3) is 0.500. The van der Waals surface area contributed by atoms with E-state index in [1.807, 2.05) is 36.1 Å². The third-order valence-electron chi connectivity index (χ3n) is 5.17. The first-order valence-electron chi connectivity index (χ1n) is 8.71. The van der Waals surface area contributed by atoms with Gasteiger partial charge in [0.15, 0.2) is 0 Å². The molecule has 0 atom stereocenters. The fourth-order valence-corrected chi connectivity index (χ4v) is 3.74. The molecule has 2 aliphatic rings. The van der Waals surface area contributed by atoms with E-state index in [0.29, 0.717) is 5.92 Å². The molecular formula is C18H23N5O. The molecule has 24 heavy (non-hydrogen) atoms. The number of nitrogens with zero attached hydrogens (tertiary/aromatic N) is 4. The summed E-state index contributed by atoms with van der Waals surface area (Å²) in [6.45, 7) is 6.30. The number of carbonyl (C=O) groups excluding carboxylic acids is 1. The van der Waals surface area contributed by atoms with Gasteiger partial charge in [-0.2, -0.15) is 0 Å². The Morgan fingerprint density at radius 1 is 1.17 bits per heavy atom. The van der Waals surface area contributed by atoms with E-state index in [0.717, 1.165) is 68.3 Å². The van der Waals surface area contributed by atoms with Crippen molar-refractivity contribution in [1.82, 2.24) is 25.0 Å². The van der Waals surface area contributed by atoms with Gasteiger partial charge in [-0.25, -0.2) is 0 Å². The molecule has 0 spiro atoms. The first kappa shape index (κ1) is 15.3. The predicted molar refractivity (Wildman–Crippen MR) is 90.8 cm³/mol. The molecule has 1 saturated heterocycles. The molecule has 0 bridgehead atoms. The van der Waals surface area contributed by atoms with Gasteiger partial charge in [0.05, 0.1) is 6.54 Å². The lowest BCUT2D eigenvalue weighted by molar-refractivity contribution is 0.0709. The lowest BCUT2D eigenvalue weighted by Crippen LogP contribution is -2.39. The van der Waals surface area contributed by atoms with Crippen LogP contribution in [0.4, 0.5) is 0 Å². The van der Waals surface area contributed by atoms with Crippen molar-refractivity contribution in [1.29, 1.82) is 0 Å². The predicted octanol–water partition coefficient (Wildman–Crippen LogP) is 1.71. The molecule has 0 aliphatic carbocycles. The highest BCUT2D eigenvalue weighted by molar-refractivity contribution is 5.95. The highest BCUT2D eigenvalue weighted by Gasteiger charge is 2.29. The Morgan fingerprint density at radius 3 is 2.75 bits per heavy atom. The van der Waals surface area contributed by atoms with Crippen LogP contribution in [0.5, 0.6) is 0 Å². The summed E-state index contributed by atoms with van der Waals surface area (Å²) in [5.41, 5.74) is 1.87. The van der Waals surface area contributed by atoms with Crippen LogP contribution in [0.15, 0.2) is 24.3 Å². The molecule has 1 fully saturated rings. The maximum Gasteiger partial charge on any atom is 0.254 e. The minimum atomic E-state index is 0.152. The molecule has 1 N–H and O–H groups in total. The molecule has 1 aromatic carbocycles. The molecule has 6 nitrogen and oxygen atoms in total. The molecule has 1 amide bonds. The summed E-state index contributed by atoms with van der Waals surface area (Å²) in [5, 5.41) is 12.1. The number of hydrogen-bond donors (Lipinski definition) is 1. The molecule has 1 aromatic heterocycles. The van der Waals surface area contributed by atoms with E-state index in [1.165, 1.54) is 0 Å². The van der Waals surface area contributed by atoms with Crippen molar-refractivity contribution >= 4 is 5.91 Å². The standard InChI is InChI=1S/C18H23N5O/c1-13-4-2-3-5-15(13)18(24)22-9-6-14(7-10-22)17-21-20-16-12-19-8-11-23(16)17/h2-5,14,19H,6-12H2,1H3. The van der Waals surface area contributed by atoms with Gasteiger partial charge in [-0.3, -0.25) is 4.79 Å². The van der Waals surface area contributed by atoms with Gasteiger partial charge in [0.25, 0.3) is 5.91 Å². The number of aryl methyl sites for hydroxylation is 1. The Hall–Kier alpha value is -2.21. The largest absolute Gasteiger partial charge is 0.339 e. The number of fused-ring (bicyclic) bond motifs is 1. The molecule has 6 heteroatoms. The van der Waals surface area contributed by atoms with Crippen LogP contribution >= 0.6 is 0 Å². The zero-order valence-electron chi connectivity index (χ0n) is 14.0. The highest BCUT2D eigenvalue weighted by Crippen LogP contribution is 2.28. The number of aromatic nitrogens is 3. The summed E-state index contributed by atoms with van der Waals surface area (Å²) in [5.74, 6) is 2.70. The monoisotopic (exact) mass is 325 g/mol. The number of benzene rings is 1. The normalized spacial score (nSPS) is 18.5. The average Bonchev–Trinajstić information content (AvgIpc) is 3.06. The van der Waals surface area contributed by atoms with Gasteiger partial charge in [0.1, 0.15) is 11.6 Å². The van der Waals surface area contributed by atoms with Crippen LogP contribution in [0.3, 0.4) is 0 Å². The second-order valence-corrected chi connectivity index (χ2v) is 6.68. The first-order chi connectivity index (χ1) is 11.7. The average molecular weight is 325 g/mol. The molecular weight excluding hydrogens is 302 g/mol. The van der Waals surface area contributed by atoms with Gasteiger partial charge < -0.3 is 14.8 Å². The molecule has 3 heterocycles. The van der Waals surface area contributed by atoms with Crippen molar-refractivity contribution < 1.29 is 4.79 Å². The maximum atomic E-state index is 12.7. The van der Waals surface area contributed by atoms with Crippen LogP contribution in [0.1, 0.15) is 46.3 Å². The van der Waals surface area contributed by atoms with Crippen molar-refractivity contribution in [2.45, 2.75) is 38.8 Å². The van der Waals surface area contributed by atoms with Crippen LogP contribution in [0.25, 0.3) is 0 Å². The van der Waals surface area contributed by atoms with Crippen molar-refractivity contribution in [2.24, 2.45) is 0 Å².